The number of ether oxygens (including phenoxy) is 1. The maximum atomic E-state index is 11.3. The standard InChI is InChI=1S/C12H12N2O4S/c1-18-12(15)11-7-14(8-13-11)9-3-5-10(6-4-9)19(2,16)17/h3-8H,1-2H3. The van der Waals surface area contributed by atoms with Crippen molar-refractivity contribution in [3.05, 3.63) is 42.5 Å². The van der Waals surface area contributed by atoms with E-state index in [4.69, 9.17) is 0 Å². The zero-order valence-corrected chi connectivity index (χ0v) is 11.2. The van der Waals surface area contributed by atoms with Crippen molar-refractivity contribution in [2.45, 2.75) is 4.90 Å². The number of hydrogen-bond donors (Lipinski definition) is 0. The van der Waals surface area contributed by atoms with E-state index in [1.807, 2.05) is 0 Å². The molecule has 0 aliphatic rings. The molecule has 7 heteroatoms. The van der Waals surface area contributed by atoms with Crippen molar-refractivity contribution in [3.63, 3.8) is 0 Å². The fourth-order valence-corrected chi connectivity index (χ4v) is 2.17. The summed E-state index contributed by atoms with van der Waals surface area (Å²) in [6.45, 7) is 0. The Morgan fingerprint density at radius 2 is 1.89 bits per heavy atom. The van der Waals surface area contributed by atoms with E-state index in [2.05, 4.69) is 9.72 Å². The third-order valence-corrected chi connectivity index (χ3v) is 3.67. The number of imidazole rings is 1. The highest BCUT2D eigenvalue weighted by Crippen LogP contribution is 2.14. The smallest absolute Gasteiger partial charge is 0.358 e. The predicted molar refractivity (Wildman–Crippen MR) is 68.0 cm³/mol. The van der Waals surface area contributed by atoms with Gasteiger partial charge in [0.15, 0.2) is 15.5 Å². The van der Waals surface area contributed by atoms with Crippen LogP contribution in [0.15, 0.2) is 41.7 Å². The van der Waals surface area contributed by atoms with Crippen LogP contribution in [0.3, 0.4) is 0 Å². The number of carbonyl (C=O) groups is 1. The minimum Gasteiger partial charge on any atom is -0.464 e. The Hall–Kier alpha value is -2.15. The monoisotopic (exact) mass is 280 g/mol. The zero-order valence-electron chi connectivity index (χ0n) is 10.4. The summed E-state index contributed by atoms with van der Waals surface area (Å²) in [7, 11) is -1.93. The molecule has 0 amide bonds. The number of carbonyl (C=O) groups excluding carboxylic acids is 1. The van der Waals surface area contributed by atoms with Gasteiger partial charge in [-0.25, -0.2) is 18.2 Å². The number of sulfone groups is 1. The lowest BCUT2D eigenvalue weighted by Gasteiger charge is -2.03. The first-order chi connectivity index (χ1) is 8.91. The van der Waals surface area contributed by atoms with E-state index in [1.165, 1.54) is 31.8 Å². The highest BCUT2D eigenvalue weighted by Gasteiger charge is 2.10. The minimum atomic E-state index is -3.21. The van der Waals surface area contributed by atoms with Crippen molar-refractivity contribution in [3.8, 4) is 5.69 Å². The zero-order chi connectivity index (χ0) is 14.0. The van der Waals surface area contributed by atoms with Crippen molar-refractivity contribution < 1.29 is 17.9 Å². The lowest BCUT2D eigenvalue weighted by Crippen LogP contribution is -2.01. The van der Waals surface area contributed by atoms with E-state index in [1.54, 1.807) is 16.7 Å². The van der Waals surface area contributed by atoms with Crippen molar-refractivity contribution >= 4 is 15.8 Å². The van der Waals surface area contributed by atoms with Crippen LogP contribution in [-0.2, 0) is 14.6 Å². The average Bonchev–Trinajstić information content (AvgIpc) is 2.86. The number of benzene rings is 1. The fourth-order valence-electron chi connectivity index (χ4n) is 1.54. The van der Waals surface area contributed by atoms with Gasteiger partial charge < -0.3 is 9.30 Å². The molecule has 0 bridgehead atoms. The number of esters is 1. The van der Waals surface area contributed by atoms with Gasteiger partial charge in [0.05, 0.1) is 12.0 Å². The molecule has 0 N–H and O–H groups in total. The highest BCUT2D eigenvalue weighted by molar-refractivity contribution is 7.90. The average molecular weight is 280 g/mol. The molecule has 100 valence electrons. The Kier molecular flexibility index (Phi) is 3.39. The maximum absolute atomic E-state index is 11.3. The molecule has 0 atom stereocenters. The van der Waals surface area contributed by atoms with Crippen LogP contribution in [0.2, 0.25) is 0 Å². The Morgan fingerprint density at radius 3 is 2.42 bits per heavy atom. The van der Waals surface area contributed by atoms with Gasteiger partial charge in [0.1, 0.15) is 6.33 Å². The summed E-state index contributed by atoms with van der Waals surface area (Å²) < 4.78 is 28.8. The first-order valence-corrected chi connectivity index (χ1v) is 7.24. The van der Waals surface area contributed by atoms with Crippen LogP contribution in [0, 0.1) is 0 Å². The van der Waals surface area contributed by atoms with Gasteiger partial charge in [0.2, 0.25) is 0 Å². The Morgan fingerprint density at radius 1 is 1.26 bits per heavy atom. The van der Waals surface area contributed by atoms with Crippen molar-refractivity contribution in [2.75, 3.05) is 13.4 Å². The highest BCUT2D eigenvalue weighted by atomic mass is 32.2. The van der Waals surface area contributed by atoms with Crippen LogP contribution in [0.25, 0.3) is 5.69 Å². The summed E-state index contributed by atoms with van der Waals surface area (Å²) in [4.78, 5) is 15.4. The summed E-state index contributed by atoms with van der Waals surface area (Å²) in [5.41, 5.74) is 0.893. The quantitative estimate of drug-likeness (QED) is 0.786. The number of nitrogens with zero attached hydrogens (tertiary/aromatic N) is 2. The molecular weight excluding hydrogens is 268 g/mol. The van der Waals surface area contributed by atoms with Crippen LogP contribution in [0.1, 0.15) is 10.5 Å². The SMILES string of the molecule is COC(=O)c1cn(-c2ccc(S(C)(=O)=O)cc2)cn1. The minimum absolute atomic E-state index is 0.190. The molecule has 0 unspecified atom stereocenters. The topological polar surface area (TPSA) is 78.3 Å². The lowest BCUT2D eigenvalue weighted by atomic mass is 10.3. The molecule has 0 saturated heterocycles. The summed E-state index contributed by atoms with van der Waals surface area (Å²) in [6.07, 6.45) is 4.12. The summed E-state index contributed by atoms with van der Waals surface area (Å²) in [5.74, 6) is -0.522. The van der Waals surface area contributed by atoms with E-state index in [0.717, 1.165) is 6.26 Å². The van der Waals surface area contributed by atoms with Gasteiger partial charge in [0, 0.05) is 18.1 Å². The van der Waals surface area contributed by atoms with E-state index in [9.17, 15) is 13.2 Å². The molecule has 2 rings (SSSR count). The first kappa shape index (κ1) is 13.3. The van der Waals surface area contributed by atoms with Gasteiger partial charge in [-0.1, -0.05) is 0 Å². The predicted octanol–water partition coefficient (Wildman–Crippen LogP) is 1.06. The number of rotatable bonds is 3. The third-order valence-electron chi connectivity index (χ3n) is 2.54. The molecule has 0 radical (unpaired) electrons. The van der Waals surface area contributed by atoms with Gasteiger partial charge in [-0.3, -0.25) is 0 Å². The van der Waals surface area contributed by atoms with Crippen LogP contribution in [0.4, 0.5) is 0 Å². The second-order valence-electron chi connectivity index (χ2n) is 3.92. The lowest BCUT2D eigenvalue weighted by molar-refractivity contribution is 0.0594. The Bertz CT molecular complexity index is 702. The Labute approximate surface area is 110 Å². The molecule has 6 nitrogen and oxygen atoms in total. The van der Waals surface area contributed by atoms with Crippen molar-refractivity contribution in [1.29, 1.82) is 0 Å². The molecule has 19 heavy (non-hydrogen) atoms. The summed E-state index contributed by atoms with van der Waals surface area (Å²) >= 11 is 0. The molecule has 0 saturated carbocycles. The summed E-state index contributed by atoms with van der Waals surface area (Å²) in [5, 5.41) is 0. The van der Waals surface area contributed by atoms with Gasteiger partial charge in [-0.2, -0.15) is 0 Å². The van der Waals surface area contributed by atoms with Gasteiger partial charge in [-0.15, -0.1) is 0 Å². The maximum Gasteiger partial charge on any atom is 0.358 e. The van der Waals surface area contributed by atoms with Crippen molar-refractivity contribution in [1.82, 2.24) is 9.55 Å². The molecule has 2 aromatic rings. The van der Waals surface area contributed by atoms with Crippen LogP contribution < -0.4 is 0 Å². The first-order valence-electron chi connectivity index (χ1n) is 5.34. The molecule has 1 aromatic heterocycles. The van der Waals surface area contributed by atoms with Crippen LogP contribution >= 0.6 is 0 Å². The fraction of sp³-hybridized carbons (Fsp3) is 0.167. The Balaban J connectivity index is 2.33. The second kappa shape index (κ2) is 4.85. The van der Waals surface area contributed by atoms with Crippen LogP contribution in [-0.4, -0.2) is 37.3 Å². The van der Waals surface area contributed by atoms with Gasteiger partial charge >= 0.3 is 5.97 Å². The normalized spacial score (nSPS) is 11.3. The molecule has 1 heterocycles. The summed E-state index contributed by atoms with van der Waals surface area (Å²) in [6, 6.07) is 6.28. The molecule has 0 spiro atoms. The van der Waals surface area contributed by atoms with E-state index >= 15 is 0 Å². The largest absolute Gasteiger partial charge is 0.464 e. The number of aromatic nitrogens is 2. The number of hydrogen-bond acceptors (Lipinski definition) is 5. The van der Waals surface area contributed by atoms with Gasteiger partial charge in [-0.05, 0) is 24.3 Å². The molecule has 0 aliphatic carbocycles. The molecule has 0 aliphatic heterocycles. The van der Waals surface area contributed by atoms with E-state index in [-0.39, 0.29) is 10.6 Å². The second-order valence-corrected chi connectivity index (χ2v) is 5.94. The molecular formula is C12H12N2O4S. The number of methoxy groups -OCH3 is 1. The van der Waals surface area contributed by atoms with Crippen molar-refractivity contribution in [2.24, 2.45) is 0 Å². The third kappa shape index (κ3) is 2.82. The van der Waals surface area contributed by atoms with E-state index in [0.29, 0.717) is 5.69 Å². The molecule has 0 fully saturated rings. The van der Waals surface area contributed by atoms with Crippen LogP contribution in [0.5, 0.6) is 0 Å². The molecule has 1 aromatic carbocycles. The van der Waals surface area contributed by atoms with E-state index < -0.39 is 15.8 Å². The van der Waals surface area contributed by atoms with Gasteiger partial charge in [0.25, 0.3) is 0 Å².